The smallest absolute Gasteiger partial charge is 0.101 e. The number of anilines is 1. The van der Waals surface area contributed by atoms with E-state index in [1.165, 1.54) is 0 Å². The van der Waals surface area contributed by atoms with E-state index in [1.54, 1.807) is 18.2 Å². The van der Waals surface area contributed by atoms with Gasteiger partial charge in [0.05, 0.1) is 23.4 Å². The minimum absolute atomic E-state index is 0.379. The van der Waals surface area contributed by atoms with E-state index in [1.807, 2.05) is 37.3 Å². The maximum Gasteiger partial charge on any atom is 0.101 e. The Morgan fingerprint density at radius 3 is 2.58 bits per heavy atom. The van der Waals surface area contributed by atoms with Crippen LogP contribution in [-0.4, -0.2) is 4.98 Å². The van der Waals surface area contributed by atoms with Gasteiger partial charge in [-0.3, -0.25) is 4.98 Å². The van der Waals surface area contributed by atoms with Crippen molar-refractivity contribution in [3.05, 3.63) is 58.9 Å². The molecular weight excluding hydrogens is 236 g/mol. The fourth-order valence-electron chi connectivity index (χ4n) is 1.73. The third-order valence-corrected chi connectivity index (χ3v) is 2.68. The molecule has 0 unspecified atom stereocenters. The van der Waals surface area contributed by atoms with Crippen LogP contribution in [0.2, 0.25) is 0 Å². The first kappa shape index (κ1) is 12.6. The number of nitriles is 2. The molecule has 1 N–H and O–H groups in total. The fourth-order valence-corrected chi connectivity index (χ4v) is 1.73. The number of nitrogens with zero attached hydrogens (tertiary/aromatic N) is 3. The molecular formula is C15H12N4. The second-order valence-corrected chi connectivity index (χ2v) is 4.11. The second kappa shape index (κ2) is 5.66. The van der Waals surface area contributed by atoms with Crippen LogP contribution >= 0.6 is 0 Å². The van der Waals surface area contributed by atoms with Crippen molar-refractivity contribution in [2.24, 2.45) is 0 Å². The van der Waals surface area contributed by atoms with Crippen molar-refractivity contribution in [1.29, 1.82) is 10.5 Å². The van der Waals surface area contributed by atoms with E-state index < -0.39 is 0 Å². The highest BCUT2D eigenvalue weighted by atomic mass is 14.9. The summed E-state index contributed by atoms with van der Waals surface area (Å²) in [4.78, 5) is 4.38. The van der Waals surface area contributed by atoms with Crippen LogP contribution in [-0.2, 0) is 6.54 Å². The van der Waals surface area contributed by atoms with Crippen LogP contribution in [0.25, 0.3) is 0 Å². The molecule has 0 radical (unpaired) electrons. The van der Waals surface area contributed by atoms with Crippen LogP contribution < -0.4 is 5.32 Å². The molecule has 0 aliphatic rings. The molecule has 0 aliphatic heterocycles. The Morgan fingerprint density at radius 2 is 1.89 bits per heavy atom. The summed E-state index contributed by atoms with van der Waals surface area (Å²) in [6, 6.07) is 15.0. The number of pyridine rings is 1. The van der Waals surface area contributed by atoms with Crippen LogP contribution in [0.5, 0.6) is 0 Å². The number of rotatable bonds is 3. The normalized spacial score (nSPS) is 9.42. The summed E-state index contributed by atoms with van der Waals surface area (Å²) >= 11 is 0. The molecule has 0 saturated carbocycles. The monoisotopic (exact) mass is 248 g/mol. The summed E-state index contributed by atoms with van der Waals surface area (Å²) < 4.78 is 0. The lowest BCUT2D eigenvalue weighted by atomic mass is 10.1. The summed E-state index contributed by atoms with van der Waals surface area (Å²) in [6.07, 6.45) is 0. The van der Waals surface area contributed by atoms with Crippen molar-refractivity contribution in [1.82, 2.24) is 4.98 Å². The van der Waals surface area contributed by atoms with Gasteiger partial charge in [-0.25, -0.2) is 0 Å². The Hall–Kier alpha value is -2.85. The first-order chi connectivity index (χ1) is 9.22. The average Bonchev–Trinajstić information content (AvgIpc) is 2.45. The van der Waals surface area contributed by atoms with E-state index in [4.69, 9.17) is 10.5 Å². The largest absolute Gasteiger partial charge is 0.379 e. The zero-order valence-electron chi connectivity index (χ0n) is 10.5. The molecule has 0 spiro atoms. The molecule has 0 fully saturated rings. The highest BCUT2D eigenvalue weighted by molar-refractivity contribution is 5.56. The molecule has 0 saturated heterocycles. The lowest BCUT2D eigenvalue weighted by molar-refractivity contribution is 1.01. The van der Waals surface area contributed by atoms with Crippen LogP contribution in [0.15, 0.2) is 36.4 Å². The van der Waals surface area contributed by atoms with Gasteiger partial charge in [-0.2, -0.15) is 10.5 Å². The summed E-state index contributed by atoms with van der Waals surface area (Å²) in [5, 5.41) is 21.0. The zero-order chi connectivity index (χ0) is 13.7. The van der Waals surface area contributed by atoms with Gasteiger partial charge < -0.3 is 5.32 Å². The summed E-state index contributed by atoms with van der Waals surface area (Å²) in [5.41, 5.74) is 3.48. The van der Waals surface area contributed by atoms with Gasteiger partial charge >= 0.3 is 0 Å². The molecule has 0 bridgehead atoms. The minimum Gasteiger partial charge on any atom is -0.379 e. The van der Waals surface area contributed by atoms with Gasteiger partial charge in [0, 0.05) is 11.4 Å². The van der Waals surface area contributed by atoms with Gasteiger partial charge in [-0.05, 0) is 37.3 Å². The van der Waals surface area contributed by atoms with Gasteiger partial charge in [0.2, 0.25) is 0 Å². The average molecular weight is 248 g/mol. The van der Waals surface area contributed by atoms with Crippen molar-refractivity contribution in [2.75, 3.05) is 5.32 Å². The number of benzene rings is 1. The Labute approximate surface area is 112 Å². The van der Waals surface area contributed by atoms with Crippen molar-refractivity contribution in [2.45, 2.75) is 13.5 Å². The SMILES string of the molecule is Cc1cccc(CNc2ccc(C#N)c(C#N)c2)n1. The van der Waals surface area contributed by atoms with Gasteiger partial charge in [0.25, 0.3) is 0 Å². The lowest BCUT2D eigenvalue weighted by Crippen LogP contribution is -2.02. The van der Waals surface area contributed by atoms with E-state index >= 15 is 0 Å². The minimum atomic E-state index is 0.379. The number of nitrogens with one attached hydrogen (secondary N) is 1. The molecule has 2 aromatic rings. The van der Waals surface area contributed by atoms with Gasteiger partial charge in [-0.15, -0.1) is 0 Å². The zero-order valence-corrected chi connectivity index (χ0v) is 10.5. The third kappa shape index (κ3) is 3.08. The fraction of sp³-hybridized carbons (Fsp3) is 0.133. The summed E-state index contributed by atoms with van der Waals surface area (Å²) in [7, 11) is 0. The predicted molar refractivity (Wildman–Crippen MR) is 72.2 cm³/mol. The molecule has 1 aromatic carbocycles. The van der Waals surface area contributed by atoms with E-state index in [2.05, 4.69) is 10.3 Å². The highest BCUT2D eigenvalue weighted by Crippen LogP contribution is 2.15. The Balaban J connectivity index is 2.13. The standard InChI is InChI=1S/C15H12N4/c1-11-3-2-4-15(19-11)10-18-14-6-5-12(8-16)13(7-14)9-17/h2-7,18H,10H2,1H3. The molecule has 19 heavy (non-hydrogen) atoms. The second-order valence-electron chi connectivity index (χ2n) is 4.11. The van der Waals surface area contributed by atoms with Crippen molar-refractivity contribution in [3.8, 4) is 12.1 Å². The van der Waals surface area contributed by atoms with Crippen LogP contribution in [0.3, 0.4) is 0 Å². The molecule has 4 nitrogen and oxygen atoms in total. The van der Waals surface area contributed by atoms with Gasteiger partial charge in [0.15, 0.2) is 0 Å². The van der Waals surface area contributed by atoms with E-state index in [9.17, 15) is 0 Å². The first-order valence-electron chi connectivity index (χ1n) is 5.83. The summed E-state index contributed by atoms with van der Waals surface area (Å²) in [6.45, 7) is 2.53. The highest BCUT2D eigenvalue weighted by Gasteiger charge is 2.03. The van der Waals surface area contributed by atoms with Crippen LogP contribution in [0.4, 0.5) is 5.69 Å². The topological polar surface area (TPSA) is 72.5 Å². The van der Waals surface area contributed by atoms with E-state index in [0.717, 1.165) is 17.1 Å². The summed E-state index contributed by atoms with van der Waals surface area (Å²) in [5.74, 6) is 0. The Bertz CT molecular complexity index is 677. The number of hydrogen-bond acceptors (Lipinski definition) is 4. The predicted octanol–water partition coefficient (Wildman–Crippen LogP) is 2.75. The number of hydrogen-bond donors (Lipinski definition) is 1. The van der Waals surface area contributed by atoms with Crippen molar-refractivity contribution >= 4 is 5.69 Å². The Kier molecular flexibility index (Phi) is 3.75. The molecule has 1 heterocycles. The third-order valence-electron chi connectivity index (χ3n) is 2.68. The molecule has 4 heteroatoms. The van der Waals surface area contributed by atoms with Gasteiger partial charge in [0.1, 0.15) is 12.1 Å². The number of aryl methyl sites for hydroxylation is 1. The van der Waals surface area contributed by atoms with Crippen molar-refractivity contribution < 1.29 is 0 Å². The molecule has 0 amide bonds. The van der Waals surface area contributed by atoms with Crippen molar-refractivity contribution in [3.63, 3.8) is 0 Å². The van der Waals surface area contributed by atoms with Gasteiger partial charge in [-0.1, -0.05) is 6.07 Å². The van der Waals surface area contributed by atoms with E-state index in [0.29, 0.717) is 17.7 Å². The molecule has 0 atom stereocenters. The Morgan fingerprint density at radius 1 is 1.11 bits per heavy atom. The maximum atomic E-state index is 8.95. The lowest BCUT2D eigenvalue weighted by Gasteiger charge is -2.07. The molecule has 92 valence electrons. The first-order valence-corrected chi connectivity index (χ1v) is 5.83. The number of aromatic nitrogens is 1. The molecule has 1 aromatic heterocycles. The molecule has 0 aliphatic carbocycles. The van der Waals surface area contributed by atoms with Crippen LogP contribution in [0, 0.1) is 29.6 Å². The van der Waals surface area contributed by atoms with E-state index in [-0.39, 0.29) is 0 Å². The maximum absolute atomic E-state index is 8.95. The molecule has 2 rings (SSSR count). The van der Waals surface area contributed by atoms with Crippen LogP contribution in [0.1, 0.15) is 22.5 Å². The quantitative estimate of drug-likeness (QED) is 0.906.